The van der Waals surface area contributed by atoms with Gasteiger partial charge in [-0.2, -0.15) is 0 Å². The number of hydrogen-bond acceptors (Lipinski definition) is 2. The summed E-state index contributed by atoms with van der Waals surface area (Å²) in [7, 11) is -1.27. The molecule has 3 heteroatoms. The van der Waals surface area contributed by atoms with E-state index in [-0.39, 0.29) is 0 Å². The number of epoxide rings is 1. The molecule has 0 bridgehead atoms. The summed E-state index contributed by atoms with van der Waals surface area (Å²) in [6.07, 6.45) is 9.34. The zero-order valence-corrected chi connectivity index (χ0v) is 12.0. The minimum Gasteiger partial charge on any atom is -0.418 e. The van der Waals surface area contributed by atoms with E-state index in [1.54, 1.807) is 0 Å². The Morgan fingerprint density at radius 2 is 1.94 bits per heavy atom. The van der Waals surface area contributed by atoms with Crippen LogP contribution < -0.4 is 0 Å². The van der Waals surface area contributed by atoms with Crippen molar-refractivity contribution in [3.63, 3.8) is 0 Å². The van der Waals surface area contributed by atoms with E-state index in [9.17, 15) is 0 Å². The van der Waals surface area contributed by atoms with Crippen LogP contribution in [0.4, 0.5) is 0 Å². The first-order chi connectivity index (χ1) is 7.54. The molecule has 0 aromatic carbocycles. The Hall–Kier alpha value is 0.137. The highest BCUT2D eigenvalue weighted by atomic mass is 28.4. The van der Waals surface area contributed by atoms with Gasteiger partial charge in [-0.25, -0.2) is 0 Å². The molecule has 0 aromatic rings. The topological polar surface area (TPSA) is 21.8 Å². The summed E-state index contributed by atoms with van der Waals surface area (Å²) < 4.78 is 11.4. The lowest BCUT2D eigenvalue weighted by molar-refractivity contribution is 0.284. The Balaban J connectivity index is 1.48. The normalized spacial score (nSPS) is 33.6. The molecule has 1 aliphatic heterocycles. The van der Waals surface area contributed by atoms with Crippen molar-refractivity contribution >= 4 is 8.32 Å². The molecule has 1 heterocycles. The highest BCUT2D eigenvalue weighted by Crippen LogP contribution is 2.40. The lowest BCUT2D eigenvalue weighted by Crippen LogP contribution is -2.25. The predicted molar refractivity (Wildman–Crippen MR) is 69.2 cm³/mol. The average molecular weight is 242 g/mol. The van der Waals surface area contributed by atoms with Crippen LogP contribution in [0, 0.1) is 5.92 Å². The van der Waals surface area contributed by atoms with Crippen molar-refractivity contribution in [1.29, 1.82) is 0 Å². The number of rotatable bonds is 6. The van der Waals surface area contributed by atoms with Crippen LogP contribution >= 0.6 is 0 Å². The zero-order valence-electron chi connectivity index (χ0n) is 11.0. The van der Waals surface area contributed by atoms with Gasteiger partial charge in [0.15, 0.2) is 8.32 Å². The van der Waals surface area contributed by atoms with Crippen LogP contribution in [-0.4, -0.2) is 27.1 Å². The van der Waals surface area contributed by atoms with Gasteiger partial charge in [0.25, 0.3) is 0 Å². The Bertz CT molecular complexity index is 224. The van der Waals surface area contributed by atoms with Crippen LogP contribution in [0.5, 0.6) is 0 Å². The molecule has 94 valence electrons. The Labute approximate surface area is 101 Å². The third-order valence-corrected chi connectivity index (χ3v) is 4.72. The first kappa shape index (κ1) is 12.6. The van der Waals surface area contributed by atoms with Gasteiger partial charge in [0, 0.05) is 6.61 Å². The maximum Gasteiger partial charge on any atom is 0.183 e. The van der Waals surface area contributed by atoms with Crippen molar-refractivity contribution < 1.29 is 9.16 Å². The van der Waals surface area contributed by atoms with E-state index in [1.165, 1.54) is 38.5 Å². The molecule has 1 saturated heterocycles. The molecular weight excluding hydrogens is 216 g/mol. The van der Waals surface area contributed by atoms with Gasteiger partial charge >= 0.3 is 0 Å². The first-order valence-corrected chi connectivity index (χ1v) is 10.2. The fraction of sp³-hybridized carbons (Fsp3) is 1.00. The van der Waals surface area contributed by atoms with Crippen molar-refractivity contribution in [3.8, 4) is 0 Å². The van der Waals surface area contributed by atoms with Gasteiger partial charge in [0.1, 0.15) is 0 Å². The summed E-state index contributed by atoms with van der Waals surface area (Å²) in [6.45, 7) is 7.76. The minimum atomic E-state index is -1.27. The molecule has 2 rings (SSSR count). The smallest absolute Gasteiger partial charge is 0.183 e. The summed E-state index contributed by atoms with van der Waals surface area (Å²) in [5.74, 6) is 0.940. The van der Waals surface area contributed by atoms with Gasteiger partial charge in [0.05, 0.1) is 12.2 Å². The Kier molecular flexibility index (Phi) is 4.09. The van der Waals surface area contributed by atoms with Gasteiger partial charge in [-0.1, -0.05) is 12.8 Å². The van der Waals surface area contributed by atoms with E-state index in [2.05, 4.69) is 19.6 Å². The molecule has 2 fully saturated rings. The molecule has 0 spiro atoms. The second-order valence-corrected chi connectivity index (χ2v) is 10.9. The van der Waals surface area contributed by atoms with Crippen LogP contribution in [0.25, 0.3) is 0 Å². The van der Waals surface area contributed by atoms with Gasteiger partial charge < -0.3 is 9.16 Å². The summed E-state index contributed by atoms with van der Waals surface area (Å²) in [5.41, 5.74) is 0. The second-order valence-electron chi connectivity index (χ2n) is 6.35. The average Bonchev–Trinajstić information content (AvgIpc) is 2.93. The molecule has 0 N–H and O–H groups in total. The van der Waals surface area contributed by atoms with E-state index in [4.69, 9.17) is 9.16 Å². The quantitative estimate of drug-likeness (QED) is 0.403. The van der Waals surface area contributed by atoms with E-state index < -0.39 is 8.32 Å². The number of fused-ring (bicyclic) bond motifs is 1. The predicted octanol–water partition coefficient (Wildman–Crippen LogP) is 3.58. The summed E-state index contributed by atoms with van der Waals surface area (Å²) in [4.78, 5) is 0. The van der Waals surface area contributed by atoms with Crippen LogP contribution in [-0.2, 0) is 9.16 Å². The summed E-state index contributed by atoms with van der Waals surface area (Å²) in [5, 5.41) is 0. The van der Waals surface area contributed by atoms with E-state index in [0.29, 0.717) is 12.2 Å². The molecule has 2 aliphatic rings. The fourth-order valence-electron chi connectivity index (χ4n) is 2.66. The zero-order chi connectivity index (χ0) is 11.6. The molecule has 0 amide bonds. The number of unbranched alkanes of at least 4 members (excludes halogenated alkanes) is 1. The maximum absolute atomic E-state index is 5.86. The number of hydrogen-bond donors (Lipinski definition) is 0. The standard InChI is InChI=1S/C13H26O2Si/c1-16(2,3)14-9-5-4-6-11-7-8-12-13(10-11)15-12/h11-13H,4-10H2,1-3H3. The second kappa shape index (κ2) is 5.19. The maximum atomic E-state index is 5.86. The summed E-state index contributed by atoms with van der Waals surface area (Å²) >= 11 is 0. The van der Waals surface area contributed by atoms with Gasteiger partial charge in [-0.3, -0.25) is 0 Å². The largest absolute Gasteiger partial charge is 0.418 e. The molecule has 0 aromatic heterocycles. The molecule has 3 atom stereocenters. The molecule has 0 radical (unpaired) electrons. The van der Waals surface area contributed by atoms with Crippen LogP contribution in [0.3, 0.4) is 0 Å². The SMILES string of the molecule is C[Si](C)(C)OCCCCC1CCC2OC2C1. The van der Waals surface area contributed by atoms with Crippen molar-refractivity contribution in [2.24, 2.45) is 5.92 Å². The third-order valence-electron chi connectivity index (χ3n) is 3.65. The highest BCUT2D eigenvalue weighted by Gasteiger charge is 2.43. The monoisotopic (exact) mass is 242 g/mol. The van der Waals surface area contributed by atoms with Crippen molar-refractivity contribution in [1.82, 2.24) is 0 Å². The third kappa shape index (κ3) is 4.19. The number of ether oxygens (including phenoxy) is 1. The van der Waals surface area contributed by atoms with Crippen LogP contribution in [0.15, 0.2) is 0 Å². The van der Waals surface area contributed by atoms with E-state index in [0.717, 1.165) is 12.5 Å². The van der Waals surface area contributed by atoms with Gasteiger partial charge in [-0.15, -0.1) is 0 Å². The van der Waals surface area contributed by atoms with E-state index in [1.807, 2.05) is 0 Å². The molecule has 16 heavy (non-hydrogen) atoms. The lowest BCUT2D eigenvalue weighted by atomic mass is 9.86. The van der Waals surface area contributed by atoms with Crippen molar-refractivity contribution in [2.45, 2.75) is 70.4 Å². The molecule has 1 aliphatic carbocycles. The highest BCUT2D eigenvalue weighted by molar-refractivity contribution is 6.69. The van der Waals surface area contributed by atoms with Crippen molar-refractivity contribution in [3.05, 3.63) is 0 Å². The first-order valence-electron chi connectivity index (χ1n) is 6.84. The minimum absolute atomic E-state index is 0.650. The van der Waals surface area contributed by atoms with Crippen LogP contribution in [0.2, 0.25) is 19.6 Å². The van der Waals surface area contributed by atoms with Gasteiger partial charge in [-0.05, 0) is 51.2 Å². The van der Waals surface area contributed by atoms with Crippen LogP contribution in [0.1, 0.15) is 38.5 Å². The van der Waals surface area contributed by atoms with E-state index >= 15 is 0 Å². The lowest BCUT2D eigenvalue weighted by Gasteiger charge is -2.20. The molecule has 1 saturated carbocycles. The Morgan fingerprint density at radius 1 is 1.12 bits per heavy atom. The Morgan fingerprint density at radius 3 is 2.62 bits per heavy atom. The molecule has 3 unspecified atom stereocenters. The van der Waals surface area contributed by atoms with Gasteiger partial charge in [0.2, 0.25) is 0 Å². The van der Waals surface area contributed by atoms with Crippen molar-refractivity contribution in [2.75, 3.05) is 6.61 Å². The molecular formula is C13H26O2Si. The summed E-state index contributed by atoms with van der Waals surface area (Å²) in [6, 6.07) is 0. The fourth-order valence-corrected chi connectivity index (χ4v) is 3.42. The molecule has 2 nitrogen and oxygen atoms in total.